The van der Waals surface area contributed by atoms with Crippen LogP contribution in [-0.4, -0.2) is 181 Å². The Bertz CT molecular complexity index is 3690. The second-order valence-electron chi connectivity index (χ2n) is 25.6. The van der Waals surface area contributed by atoms with E-state index < -0.39 is 50.4 Å². The Labute approximate surface area is 561 Å². The van der Waals surface area contributed by atoms with Crippen molar-refractivity contribution in [3.8, 4) is 23.6 Å². The second kappa shape index (κ2) is 31.8. The first-order valence-electron chi connectivity index (χ1n) is 32.7. The minimum Gasteiger partial charge on any atom is -0.484 e. The van der Waals surface area contributed by atoms with Crippen LogP contribution < -0.4 is 51.2 Å². The maximum atomic E-state index is 14.2. The number of nitrogens with zero attached hydrogens (tertiary/aromatic N) is 6. The van der Waals surface area contributed by atoms with Crippen molar-refractivity contribution in [2.45, 2.75) is 162 Å². The molecule has 4 aliphatic heterocycles. The van der Waals surface area contributed by atoms with Gasteiger partial charge in [0.15, 0.2) is 0 Å². The fourth-order valence-corrected chi connectivity index (χ4v) is 17.3. The molecular weight excluding hydrogens is 1280 g/mol. The van der Waals surface area contributed by atoms with E-state index in [4.69, 9.17) is 38.4 Å². The monoisotopic (exact) mass is 1370 g/mol. The summed E-state index contributed by atoms with van der Waals surface area (Å²) in [6.45, 7) is 10.9. The maximum Gasteiger partial charge on any atom is 0.315 e. The molecule has 506 valence electrons. The topological polar surface area (TPSA) is 326 Å². The van der Waals surface area contributed by atoms with Gasteiger partial charge >= 0.3 is 12.1 Å². The predicted molar refractivity (Wildman–Crippen MR) is 355 cm³/mol. The molecule has 28 heteroatoms. The van der Waals surface area contributed by atoms with Gasteiger partial charge in [-0.2, -0.15) is 10.5 Å². The van der Waals surface area contributed by atoms with Gasteiger partial charge in [-0.1, -0.05) is 35.3 Å². The van der Waals surface area contributed by atoms with Crippen LogP contribution in [0, 0.1) is 22.7 Å². The molecule has 0 bridgehead atoms. The number of halogens is 2. The van der Waals surface area contributed by atoms with Gasteiger partial charge in [0.2, 0.25) is 31.9 Å². The van der Waals surface area contributed by atoms with E-state index in [1.165, 1.54) is 18.2 Å². The molecule has 0 radical (unpaired) electrons. The Morgan fingerprint density at radius 2 is 1.15 bits per heavy atom. The van der Waals surface area contributed by atoms with E-state index in [9.17, 15) is 46.5 Å². The highest BCUT2D eigenvalue weighted by Crippen LogP contribution is 2.44. The molecule has 4 heterocycles. The van der Waals surface area contributed by atoms with Crippen molar-refractivity contribution in [1.82, 2.24) is 55.6 Å². The highest BCUT2D eigenvalue weighted by molar-refractivity contribution is 7.89. The van der Waals surface area contributed by atoms with Crippen molar-refractivity contribution in [2.75, 3.05) is 78.5 Å². The molecule has 9 N–H and O–H groups in total. The van der Waals surface area contributed by atoms with Gasteiger partial charge in [0.1, 0.15) is 28.6 Å². The molecule has 24 nitrogen and oxygen atoms in total. The normalized spacial score (nSPS) is 22.5. The highest BCUT2D eigenvalue weighted by atomic mass is 35.5. The number of fused-ring (bicyclic) bond motifs is 2. The number of nitrogens with two attached hydrogens (primary N) is 1. The number of amides is 6. The van der Waals surface area contributed by atoms with Crippen LogP contribution in [0.25, 0.3) is 0 Å². The maximum absolute atomic E-state index is 14.2. The number of carbonyl (C=O) groups is 4. The molecule has 6 amide bonds. The van der Waals surface area contributed by atoms with Gasteiger partial charge in [-0.05, 0) is 167 Å². The van der Waals surface area contributed by atoms with E-state index >= 15 is 0 Å². The molecular formula is C66H86Cl2N14O10S2. The number of benzene rings is 4. The summed E-state index contributed by atoms with van der Waals surface area (Å²) in [6.07, 6.45) is 4.45. The summed E-state index contributed by atoms with van der Waals surface area (Å²) in [6, 6.07) is 22.5. The fourth-order valence-electron chi connectivity index (χ4n) is 14.1. The summed E-state index contributed by atoms with van der Waals surface area (Å²) in [4.78, 5) is 59.7. The van der Waals surface area contributed by atoms with Gasteiger partial charge in [0.25, 0.3) is 0 Å². The van der Waals surface area contributed by atoms with E-state index in [2.05, 4.69) is 71.8 Å². The molecule has 0 aromatic heterocycles. The summed E-state index contributed by atoms with van der Waals surface area (Å²) < 4.78 is 74.8. The first kappa shape index (κ1) is 70.0. The van der Waals surface area contributed by atoms with Crippen LogP contribution in [-0.2, 0) is 42.5 Å². The number of nitriles is 2. The van der Waals surface area contributed by atoms with Crippen LogP contribution in [0.15, 0.2) is 82.6 Å². The largest absolute Gasteiger partial charge is 0.484 e. The van der Waals surface area contributed by atoms with Crippen LogP contribution in [0.3, 0.4) is 0 Å². The zero-order valence-electron chi connectivity index (χ0n) is 53.2. The molecule has 94 heavy (non-hydrogen) atoms. The average molecular weight is 1370 g/mol. The number of rotatable bonds is 25. The zero-order chi connectivity index (χ0) is 66.7. The van der Waals surface area contributed by atoms with E-state index in [1.54, 1.807) is 52.3 Å². The Hall–Kier alpha value is -6.82. The lowest BCUT2D eigenvalue weighted by Crippen LogP contribution is -2.54. The third-order valence-electron chi connectivity index (χ3n) is 18.9. The number of sulfonamides is 2. The SMILES string of the molecule is C[C@@H]1CN([C@H]2Cc3c(C#N)cc(Cl)cc3[C@@H]2Oc2ccc(S(=O)(=O)NC3CCN(C(=O)CCCNC(=O)NC(CCCNC(N)=O)CCCC(=O)N4CCC(NS(=O)(=O)c5ccccc5O[C@H]5c6cc(Cl)cc(C#N)c6C[C@@H]5N5CCN[C@H](C)C5)CC4)CC3)cc2)CCN1. The first-order chi connectivity index (χ1) is 45.1. The Kier molecular flexibility index (Phi) is 23.7. The summed E-state index contributed by atoms with van der Waals surface area (Å²) in [5.41, 5.74) is 9.67. The van der Waals surface area contributed by atoms with E-state index in [-0.39, 0.29) is 83.0 Å². The second-order valence-corrected chi connectivity index (χ2v) is 29.9. The molecule has 7 atom stereocenters. The fraction of sp³-hybridized carbons (Fsp3) is 0.545. The number of nitrogens with one attached hydrogen (secondary N) is 7. The number of carbonyl (C=O) groups excluding carboxylic acids is 4. The van der Waals surface area contributed by atoms with Gasteiger partial charge < -0.3 is 51.6 Å². The predicted octanol–water partition coefficient (Wildman–Crippen LogP) is 5.72. The van der Waals surface area contributed by atoms with E-state index in [0.29, 0.717) is 130 Å². The number of piperazine rings is 2. The molecule has 0 saturated carbocycles. The average Bonchev–Trinajstić information content (AvgIpc) is 1.61. The lowest BCUT2D eigenvalue weighted by molar-refractivity contribution is -0.133. The zero-order valence-corrected chi connectivity index (χ0v) is 56.4. The lowest BCUT2D eigenvalue weighted by Gasteiger charge is -2.38. The molecule has 0 spiro atoms. The van der Waals surface area contributed by atoms with Gasteiger partial charge in [-0.15, -0.1) is 0 Å². The Balaban J connectivity index is 0.638. The van der Waals surface area contributed by atoms with Crippen LogP contribution in [0.1, 0.15) is 130 Å². The molecule has 2 aliphatic carbocycles. The molecule has 4 aromatic rings. The molecule has 1 unspecified atom stereocenters. The van der Waals surface area contributed by atoms with Gasteiger partial charge in [-0.25, -0.2) is 35.9 Å². The van der Waals surface area contributed by atoms with E-state index in [0.717, 1.165) is 61.5 Å². The number of hydrogen-bond acceptors (Lipinski definition) is 16. The van der Waals surface area contributed by atoms with Gasteiger partial charge in [-0.3, -0.25) is 19.4 Å². The molecule has 6 aliphatic rings. The quantitative estimate of drug-likeness (QED) is 0.0368. The van der Waals surface area contributed by atoms with Gasteiger partial charge in [0.05, 0.1) is 40.2 Å². The molecule has 4 aromatic carbocycles. The van der Waals surface area contributed by atoms with Crippen molar-refractivity contribution in [2.24, 2.45) is 5.73 Å². The number of hydrogen-bond donors (Lipinski definition) is 8. The Morgan fingerprint density at radius 3 is 1.68 bits per heavy atom. The van der Waals surface area contributed by atoms with Crippen molar-refractivity contribution in [3.05, 3.63) is 116 Å². The van der Waals surface area contributed by atoms with Gasteiger partial charge in [0, 0.05) is 132 Å². The summed E-state index contributed by atoms with van der Waals surface area (Å²) in [7, 11) is -8.02. The van der Waals surface area contributed by atoms with Crippen molar-refractivity contribution in [1.29, 1.82) is 10.5 Å². The van der Waals surface area contributed by atoms with Crippen LogP contribution >= 0.6 is 23.2 Å². The van der Waals surface area contributed by atoms with Crippen LogP contribution in [0.4, 0.5) is 9.59 Å². The lowest BCUT2D eigenvalue weighted by atomic mass is 10.0. The number of para-hydroxylation sites is 1. The number of likely N-dealkylation sites (tertiary alicyclic amines) is 2. The van der Waals surface area contributed by atoms with Crippen molar-refractivity contribution in [3.63, 3.8) is 0 Å². The number of piperidine rings is 2. The van der Waals surface area contributed by atoms with Crippen LogP contribution in [0.2, 0.25) is 10.0 Å². The molecule has 4 fully saturated rings. The molecule has 4 saturated heterocycles. The number of primary amides is 1. The minimum absolute atomic E-state index is 0.00993. The van der Waals surface area contributed by atoms with Crippen molar-refractivity contribution >= 4 is 67.1 Å². The third-order valence-corrected chi connectivity index (χ3v) is 22.4. The van der Waals surface area contributed by atoms with E-state index in [1.807, 2.05) is 12.1 Å². The standard InChI is InChI=1S/C66H86Cl2N14O10S2/c1-42-40-81(30-24-72-42)57-36-53-44(38-69)32-46(67)34-55(53)63(57)91-51-14-16-52(17-15-51)93(87,88)77-49-18-26-80(27-19-49)62(84)13-7-23-75-66(86)76-48(9-6-22-74-65(71)85)8-5-12-61(83)79-28-20-50(21-29-79)78-94(89,90)60-11-4-3-10-59(60)92-64-56-35-47(68)33-45(39-70)54(56)37-58(64)82-31-25-73-43(2)41-82/h3-4,10-11,14-17,32-35,42-43,48-50,57-58,63-64,72-73,77-78H,5-9,12-13,18-31,36-37,40-41H2,1-2H3,(H3,71,74,85)(H2,75,76,86)/t42-,43-,48?,57+,58+,63+,64+/m1/s1. The number of ether oxygens (including phenoxy) is 2. The smallest absolute Gasteiger partial charge is 0.315 e. The number of urea groups is 2. The summed E-state index contributed by atoms with van der Waals surface area (Å²) >= 11 is 13.0. The third kappa shape index (κ3) is 17.8. The summed E-state index contributed by atoms with van der Waals surface area (Å²) in [5, 5.41) is 36.2. The highest BCUT2D eigenvalue weighted by Gasteiger charge is 2.43. The van der Waals surface area contributed by atoms with Crippen molar-refractivity contribution < 1.29 is 45.5 Å². The molecule has 10 rings (SSSR count). The minimum atomic E-state index is -4.10. The first-order valence-corrected chi connectivity index (χ1v) is 36.5. The Morgan fingerprint density at radius 1 is 0.649 bits per heavy atom. The summed E-state index contributed by atoms with van der Waals surface area (Å²) in [5.74, 6) is 0.485. The van der Waals surface area contributed by atoms with Crippen LogP contribution in [0.5, 0.6) is 11.5 Å².